The predicted octanol–water partition coefficient (Wildman–Crippen LogP) is 1.52. The monoisotopic (exact) mass is 365 g/mol. The molecule has 0 heterocycles. The van der Waals surface area contributed by atoms with Crippen LogP contribution in [0.3, 0.4) is 0 Å². The van der Waals surface area contributed by atoms with Gasteiger partial charge in [0, 0.05) is 18.8 Å². The Morgan fingerprint density at radius 2 is 1.74 bits per heavy atom. The maximum atomic E-state index is 11.9. The Balaban J connectivity index is 2.82. The summed E-state index contributed by atoms with van der Waals surface area (Å²) < 4.78 is 4.46. The first-order chi connectivity index (χ1) is 13.2. The molecule has 0 saturated heterocycles. The first-order valence-corrected chi connectivity index (χ1v) is 8.20. The van der Waals surface area contributed by atoms with Crippen LogP contribution < -0.4 is 10.2 Å². The van der Waals surface area contributed by atoms with Gasteiger partial charge < -0.3 is 15.0 Å². The van der Waals surface area contributed by atoms with Crippen molar-refractivity contribution in [3.05, 3.63) is 35.4 Å². The van der Waals surface area contributed by atoms with Crippen molar-refractivity contribution in [3.8, 4) is 18.2 Å². The molecule has 0 fully saturated rings. The number of carbonyl (C=O) groups excluding carboxylic acids is 2. The Bertz CT molecular complexity index is 764. The van der Waals surface area contributed by atoms with Gasteiger partial charge in [-0.2, -0.15) is 15.8 Å². The molecule has 1 rings (SSSR count). The van der Waals surface area contributed by atoms with Crippen molar-refractivity contribution in [2.24, 2.45) is 0 Å². The zero-order valence-electron chi connectivity index (χ0n) is 14.7. The second-order valence-corrected chi connectivity index (χ2v) is 5.29. The zero-order chi connectivity index (χ0) is 19.9. The predicted molar refractivity (Wildman–Crippen MR) is 97.7 cm³/mol. The van der Waals surface area contributed by atoms with E-state index in [1.807, 2.05) is 23.1 Å². The molecule has 0 aliphatic rings. The van der Waals surface area contributed by atoms with E-state index in [9.17, 15) is 9.59 Å². The van der Waals surface area contributed by atoms with E-state index in [0.29, 0.717) is 31.5 Å². The number of benzene rings is 1. The number of nitrogens with zero attached hydrogens (tertiary/aromatic N) is 4. The molecule has 8 nitrogen and oxygen atoms in total. The maximum absolute atomic E-state index is 11.9. The van der Waals surface area contributed by atoms with Crippen LogP contribution in [0.1, 0.15) is 18.4 Å². The van der Waals surface area contributed by atoms with E-state index in [2.05, 4.69) is 22.2 Å². The third-order valence-electron chi connectivity index (χ3n) is 3.49. The quantitative estimate of drug-likeness (QED) is 0.272. The average Bonchev–Trinajstić information content (AvgIpc) is 2.70. The second-order valence-electron chi connectivity index (χ2n) is 5.29. The molecule has 8 heteroatoms. The van der Waals surface area contributed by atoms with Crippen LogP contribution >= 0.6 is 0 Å². The van der Waals surface area contributed by atoms with Crippen LogP contribution in [0.5, 0.6) is 0 Å². The minimum Gasteiger partial charge on any atom is -0.466 e. The highest BCUT2D eigenvalue weighted by molar-refractivity contribution is 6.01. The number of anilines is 1. The smallest absolute Gasteiger partial charge is 0.293 e. The number of amides is 1. The van der Waals surface area contributed by atoms with Gasteiger partial charge in [0.1, 0.15) is 18.2 Å². The van der Waals surface area contributed by atoms with E-state index in [4.69, 9.17) is 15.8 Å². The minimum atomic E-state index is -0.555. The summed E-state index contributed by atoms with van der Waals surface area (Å²) in [5.74, 6) is -0.555. The fraction of sp³-hybridized carbons (Fsp3) is 0.316. The van der Waals surface area contributed by atoms with Crippen molar-refractivity contribution in [2.45, 2.75) is 12.8 Å². The molecular weight excluding hydrogens is 346 g/mol. The fourth-order valence-electron chi connectivity index (χ4n) is 2.20. The summed E-state index contributed by atoms with van der Waals surface area (Å²) in [6.45, 7) is 1.46. The number of nitrogens with one attached hydrogen (secondary N) is 1. The second kappa shape index (κ2) is 12.5. The highest BCUT2D eigenvalue weighted by Gasteiger charge is 2.09. The van der Waals surface area contributed by atoms with E-state index in [0.717, 1.165) is 5.69 Å². The molecule has 0 saturated carbocycles. The van der Waals surface area contributed by atoms with Crippen molar-refractivity contribution in [3.63, 3.8) is 0 Å². The van der Waals surface area contributed by atoms with Crippen molar-refractivity contribution in [1.29, 1.82) is 15.8 Å². The number of hydrogen-bond acceptors (Lipinski definition) is 7. The van der Waals surface area contributed by atoms with Crippen molar-refractivity contribution in [1.82, 2.24) is 5.32 Å². The van der Waals surface area contributed by atoms with Crippen LogP contribution in [-0.2, 0) is 14.3 Å². The normalized spacial score (nSPS) is 10.0. The molecule has 0 unspecified atom stereocenters. The van der Waals surface area contributed by atoms with Crippen molar-refractivity contribution < 1.29 is 14.3 Å². The molecule has 1 amide bonds. The van der Waals surface area contributed by atoms with E-state index in [-0.39, 0.29) is 25.2 Å². The molecule has 0 aliphatic heterocycles. The van der Waals surface area contributed by atoms with Gasteiger partial charge in [-0.1, -0.05) is 12.1 Å². The van der Waals surface area contributed by atoms with E-state index >= 15 is 0 Å². The SMILES string of the molecule is N#CCCN(CCC#N)c1ccc(/C=C(\C#N)C(=O)NCCOC=O)cc1. The van der Waals surface area contributed by atoms with Crippen LogP contribution in [0.2, 0.25) is 0 Å². The van der Waals surface area contributed by atoms with Gasteiger partial charge in [-0.3, -0.25) is 9.59 Å². The minimum absolute atomic E-state index is 0.0316. The number of hydrogen-bond donors (Lipinski definition) is 1. The van der Waals surface area contributed by atoms with Gasteiger partial charge in [-0.25, -0.2) is 0 Å². The molecule has 1 aromatic carbocycles. The van der Waals surface area contributed by atoms with Crippen LogP contribution in [0.25, 0.3) is 6.08 Å². The summed E-state index contributed by atoms with van der Waals surface area (Å²) in [5.41, 5.74) is 1.45. The van der Waals surface area contributed by atoms with Gasteiger partial charge in [0.15, 0.2) is 0 Å². The first-order valence-electron chi connectivity index (χ1n) is 8.20. The molecule has 1 aromatic rings. The Morgan fingerprint density at radius 3 is 2.26 bits per heavy atom. The summed E-state index contributed by atoms with van der Waals surface area (Å²) in [6.07, 6.45) is 2.15. The molecule has 0 spiro atoms. The van der Waals surface area contributed by atoms with Crippen molar-refractivity contribution >= 4 is 24.1 Å². The maximum Gasteiger partial charge on any atom is 0.293 e. The Morgan fingerprint density at radius 1 is 1.11 bits per heavy atom. The summed E-state index contributed by atoms with van der Waals surface area (Å²) in [6, 6.07) is 13.1. The van der Waals surface area contributed by atoms with Gasteiger partial charge in [0.05, 0.1) is 31.5 Å². The standard InChI is InChI=1S/C19H19N5O3/c20-7-1-10-24(11-2-8-21)18-5-3-16(4-6-18)13-17(14-22)19(26)23-9-12-27-15-25/h3-6,13,15H,1-2,9-12H2,(H,23,26)/b17-13+. The van der Waals surface area contributed by atoms with Crippen LogP contribution in [0.4, 0.5) is 5.69 Å². The molecule has 0 bridgehead atoms. The fourth-order valence-corrected chi connectivity index (χ4v) is 2.20. The van der Waals surface area contributed by atoms with Gasteiger partial charge in [0.2, 0.25) is 0 Å². The van der Waals surface area contributed by atoms with Gasteiger partial charge in [-0.15, -0.1) is 0 Å². The van der Waals surface area contributed by atoms with E-state index in [1.165, 1.54) is 6.08 Å². The lowest BCUT2D eigenvalue weighted by Crippen LogP contribution is -2.28. The third kappa shape index (κ3) is 7.72. The highest BCUT2D eigenvalue weighted by Crippen LogP contribution is 2.17. The number of nitriles is 3. The Kier molecular flexibility index (Phi) is 9.84. The molecule has 138 valence electrons. The molecule has 27 heavy (non-hydrogen) atoms. The van der Waals surface area contributed by atoms with Crippen LogP contribution in [0.15, 0.2) is 29.8 Å². The molecular formula is C19H19N5O3. The van der Waals surface area contributed by atoms with Crippen LogP contribution in [-0.4, -0.2) is 38.6 Å². The lowest BCUT2D eigenvalue weighted by Gasteiger charge is -2.22. The summed E-state index contributed by atoms with van der Waals surface area (Å²) in [4.78, 5) is 23.9. The summed E-state index contributed by atoms with van der Waals surface area (Å²) >= 11 is 0. The lowest BCUT2D eigenvalue weighted by molar-refractivity contribution is -0.129. The number of ether oxygens (including phenoxy) is 1. The number of carbonyl (C=O) groups is 2. The molecule has 0 aliphatic carbocycles. The molecule has 0 atom stereocenters. The summed E-state index contributed by atoms with van der Waals surface area (Å²) in [5, 5.41) is 29.2. The van der Waals surface area contributed by atoms with Gasteiger partial charge in [-0.05, 0) is 23.8 Å². The largest absolute Gasteiger partial charge is 0.466 e. The van der Waals surface area contributed by atoms with Crippen molar-refractivity contribution in [2.75, 3.05) is 31.1 Å². The first kappa shape index (κ1) is 21.2. The van der Waals surface area contributed by atoms with E-state index < -0.39 is 5.91 Å². The third-order valence-corrected chi connectivity index (χ3v) is 3.49. The highest BCUT2D eigenvalue weighted by atomic mass is 16.5. The molecule has 1 N–H and O–H groups in total. The summed E-state index contributed by atoms with van der Waals surface area (Å²) in [7, 11) is 0. The number of rotatable bonds is 11. The topological polar surface area (TPSA) is 130 Å². The Hall–Kier alpha value is -3.83. The molecule has 0 aromatic heterocycles. The zero-order valence-corrected chi connectivity index (χ0v) is 14.7. The Labute approximate surface area is 157 Å². The van der Waals surface area contributed by atoms with E-state index in [1.54, 1.807) is 12.1 Å². The average molecular weight is 365 g/mol. The molecule has 0 radical (unpaired) electrons. The van der Waals surface area contributed by atoms with Crippen LogP contribution in [0, 0.1) is 34.0 Å². The van der Waals surface area contributed by atoms with Gasteiger partial charge in [0.25, 0.3) is 12.4 Å². The lowest BCUT2D eigenvalue weighted by atomic mass is 10.1. The van der Waals surface area contributed by atoms with Gasteiger partial charge >= 0.3 is 0 Å².